The Morgan fingerprint density at radius 3 is 2.62 bits per heavy atom. The largest absolute Gasteiger partial charge is 0.367 e. The van der Waals surface area contributed by atoms with E-state index in [1.165, 1.54) is 0 Å². The first-order valence-corrected chi connectivity index (χ1v) is 11.7. The highest BCUT2D eigenvalue weighted by molar-refractivity contribution is 6.00. The molecule has 3 aromatic heterocycles. The zero-order chi connectivity index (χ0) is 23.1. The summed E-state index contributed by atoms with van der Waals surface area (Å²) in [6, 6.07) is 21.2. The predicted molar refractivity (Wildman–Crippen MR) is 137 cm³/mol. The normalized spacial score (nSPS) is 17.9. The Morgan fingerprint density at radius 1 is 0.971 bits per heavy atom. The number of H-pyrrole nitrogens is 1. The fourth-order valence-corrected chi connectivity index (χ4v) is 4.92. The van der Waals surface area contributed by atoms with E-state index in [9.17, 15) is 0 Å². The number of aromatic nitrogens is 5. The number of nitrogens with zero attached hydrogens (tertiary/aromatic N) is 5. The summed E-state index contributed by atoms with van der Waals surface area (Å²) in [4.78, 5) is 16.2. The van der Waals surface area contributed by atoms with Crippen LogP contribution in [0, 0.1) is 5.92 Å². The molecule has 0 unspecified atom stereocenters. The van der Waals surface area contributed by atoms with Crippen LogP contribution >= 0.6 is 0 Å². The third-order valence-corrected chi connectivity index (χ3v) is 6.59. The molecule has 0 amide bonds. The molecule has 7 nitrogen and oxygen atoms in total. The quantitative estimate of drug-likeness (QED) is 0.380. The van der Waals surface area contributed by atoms with Gasteiger partial charge in [-0.3, -0.25) is 5.10 Å². The van der Waals surface area contributed by atoms with E-state index < -0.39 is 0 Å². The molecule has 7 heteroatoms. The van der Waals surface area contributed by atoms with Crippen LogP contribution in [0.25, 0.3) is 44.5 Å². The maximum Gasteiger partial charge on any atom is 0.161 e. The van der Waals surface area contributed by atoms with Gasteiger partial charge in [0.25, 0.3) is 0 Å². The lowest BCUT2D eigenvalue weighted by atomic mass is 9.80. The van der Waals surface area contributed by atoms with Crippen LogP contribution in [0.15, 0.2) is 67.0 Å². The van der Waals surface area contributed by atoms with Gasteiger partial charge in [-0.15, -0.1) is 0 Å². The van der Waals surface area contributed by atoms with Gasteiger partial charge in [-0.1, -0.05) is 48.5 Å². The minimum atomic E-state index is 0.428. The van der Waals surface area contributed by atoms with Crippen molar-refractivity contribution in [3.8, 4) is 22.5 Å². The summed E-state index contributed by atoms with van der Waals surface area (Å²) in [5.41, 5.74) is 5.58. The van der Waals surface area contributed by atoms with E-state index >= 15 is 0 Å². The van der Waals surface area contributed by atoms with Crippen LogP contribution in [0.4, 0.5) is 5.82 Å². The molecule has 2 aromatic carbocycles. The first-order valence-electron chi connectivity index (χ1n) is 11.7. The fraction of sp³-hybridized carbons (Fsp3) is 0.259. The number of hydrogen-bond donors (Lipinski definition) is 2. The second kappa shape index (κ2) is 8.50. The second-order valence-corrected chi connectivity index (χ2v) is 9.43. The van der Waals surface area contributed by atoms with Crippen LogP contribution in [0.2, 0.25) is 0 Å². The number of aromatic amines is 1. The van der Waals surface area contributed by atoms with Gasteiger partial charge < -0.3 is 10.2 Å². The average Bonchev–Trinajstić information content (AvgIpc) is 3.27. The van der Waals surface area contributed by atoms with E-state index in [2.05, 4.69) is 86.9 Å². The molecule has 0 bridgehead atoms. The average molecular weight is 450 g/mol. The standard InChI is InChI=1S/C27H27N7/c1-34(2)15-17-12-21(13-17)30-26-24-25(32-33-27(24)29-16-28-26)20-9-8-19-10-11-22(31-23(19)14-20)18-6-4-3-5-7-18/h3-11,14,16-17,21H,12-13,15H2,1-2H3,(H2,28,29,30,32,33). The summed E-state index contributed by atoms with van der Waals surface area (Å²) in [7, 11) is 4.27. The molecule has 0 radical (unpaired) electrons. The number of fused-ring (bicyclic) bond motifs is 2. The molecule has 3 heterocycles. The molecule has 1 fully saturated rings. The molecule has 1 saturated carbocycles. The first-order chi connectivity index (χ1) is 16.6. The molecule has 0 aliphatic heterocycles. The van der Waals surface area contributed by atoms with E-state index in [1.807, 2.05) is 18.2 Å². The van der Waals surface area contributed by atoms with Gasteiger partial charge in [-0.2, -0.15) is 5.10 Å². The van der Waals surface area contributed by atoms with Crippen molar-refractivity contribution in [3.63, 3.8) is 0 Å². The minimum absolute atomic E-state index is 0.428. The molecule has 0 atom stereocenters. The molecular weight excluding hydrogens is 422 g/mol. The minimum Gasteiger partial charge on any atom is -0.367 e. The van der Waals surface area contributed by atoms with Gasteiger partial charge in [0.1, 0.15) is 17.8 Å². The van der Waals surface area contributed by atoms with Crippen LogP contribution in [0.3, 0.4) is 0 Å². The Balaban J connectivity index is 1.34. The van der Waals surface area contributed by atoms with Crippen molar-refractivity contribution in [2.75, 3.05) is 26.0 Å². The Labute approximate surface area is 198 Å². The van der Waals surface area contributed by atoms with Crippen molar-refractivity contribution < 1.29 is 0 Å². The number of rotatable bonds is 6. The Bertz CT molecular complexity index is 1450. The molecule has 1 aliphatic rings. The van der Waals surface area contributed by atoms with Gasteiger partial charge in [-0.05, 0) is 45.0 Å². The SMILES string of the molecule is CN(C)CC1CC(Nc2ncnc3[nH]nc(-c4ccc5ccc(-c6ccccc6)nc5c4)c23)C1. The van der Waals surface area contributed by atoms with Gasteiger partial charge in [0, 0.05) is 29.1 Å². The summed E-state index contributed by atoms with van der Waals surface area (Å²) in [6.45, 7) is 1.13. The summed E-state index contributed by atoms with van der Waals surface area (Å²) in [5, 5.41) is 13.4. The van der Waals surface area contributed by atoms with Crippen LogP contribution in [-0.4, -0.2) is 56.7 Å². The van der Waals surface area contributed by atoms with Crippen molar-refractivity contribution >= 4 is 27.8 Å². The van der Waals surface area contributed by atoms with Gasteiger partial charge in [0.2, 0.25) is 0 Å². The molecule has 6 rings (SSSR count). The number of pyridine rings is 1. The molecular formula is C27H27N7. The third kappa shape index (κ3) is 3.88. The second-order valence-electron chi connectivity index (χ2n) is 9.43. The van der Waals surface area contributed by atoms with Crippen molar-refractivity contribution in [2.24, 2.45) is 5.92 Å². The smallest absolute Gasteiger partial charge is 0.161 e. The van der Waals surface area contributed by atoms with Gasteiger partial charge >= 0.3 is 0 Å². The molecule has 170 valence electrons. The van der Waals surface area contributed by atoms with E-state index in [-0.39, 0.29) is 0 Å². The van der Waals surface area contributed by atoms with Crippen molar-refractivity contribution in [1.29, 1.82) is 0 Å². The van der Waals surface area contributed by atoms with Crippen molar-refractivity contribution in [1.82, 2.24) is 30.0 Å². The Kier molecular flexibility index (Phi) is 5.19. The zero-order valence-corrected chi connectivity index (χ0v) is 19.4. The number of anilines is 1. The zero-order valence-electron chi connectivity index (χ0n) is 19.4. The number of benzene rings is 2. The monoisotopic (exact) mass is 449 g/mol. The summed E-state index contributed by atoms with van der Waals surface area (Å²) >= 11 is 0. The maximum absolute atomic E-state index is 4.93. The van der Waals surface area contributed by atoms with Crippen molar-refractivity contribution in [3.05, 3.63) is 67.0 Å². The fourth-order valence-electron chi connectivity index (χ4n) is 4.92. The van der Waals surface area contributed by atoms with Crippen LogP contribution < -0.4 is 5.32 Å². The van der Waals surface area contributed by atoms with E-state index in [4.69, 9.17) is 4.98 Å². The number of hydrogen-bond acceptors (Lipinski definition) is 6. The number of nitrogens with one attached hydrogen (secondary N) is 2. The lowest BCUT2D eigenvalue weighted by Crippen LogP contribution is -2.40. The summed E-state index contributed by atoms with van der Waals surface area (Å²) in [5.74, 6) is 1.58. The molecule has 5 aromatic rings. The highest BCUT2D eigenvalue weighted by Gasteiger charge is 2.30. The highest BCUT2D eigenvalue weighted by Crippen LogP contribution is 2.35. The topological polar surface area (TPSA) is 82.6 Å². The van der Waals surface area contributed by atoms with E-state index in [0.29, 0.717) is 6.04 Å². The molecule has 1 aliphatic carbocycles. The third-order valence-electron chi connectivity index (χ3n) is 6.59. The molecule has 34 heavy (non-hydrogen) atoms. The molecule has 0 saturated heterocycles. The van der Waals surface area contributed by atoms with Crippen LogP contribution in [-0.2, 0) is 0 Å². The first kappa shape index (κ1) is 20.7. The van der Waals surface area contributed by atoms with Gasteiger partial charge in [0.05, 0.1) is 16.6 Å². The van der Waals surface area contributed by atoms with Crippen LogP contribution in [0.5, 0.6) is 0 Å². The Morgan fingerprint density at radius 2 is 1.79 bits per heavy atom. The van der Waals surface area contributed by atoms with Gasteiger partial charge in [-0.25, -0.2) is 15.0 Å². The van der Waals surface area contributed by atoms with E-state index in [1.54, 1.807) is 6.33 Å². The molecule has 0 spiro atoms. The predicted octanol–water partition coefficient (Wildman–Crippen LogP) is 4.99. The lowest BCUT2D eigenvalue weighted by molar-refractivity contribution is 0.212. The van der Waals surface area contributed by atoms with Crippen LogP contribution in [0.1, 0.15) is 12.8 Å². The maximum atomic E-state index is 4.93. The van der Waals surface area contributed by atoms with Crippen molar-refractivity contribution in [2.45, 2.75) is 18.9 Å². The van der Waals surface area contributed by atoms with E-state index in [0.717, 1.165) is 75.6 Å². The molecule has 2 N–H and O–H groups in total. The summed E-state index contributed by atoms with van der Waals surface area (Å²) < 4.78 is 0. The summed E-state index contributed by atoms with van der Waals surface area (Å²) in [6.07, 6.45) is 3.90. The Hall–Kier alpha value is -3.84. The van der Waals surface area contributed by atoms with Gasteiger partial charge in [0.15, 0.2) is 5.65 Å². The lowest BCUT2D eigenvalue weighted by Gasteiger charge is -2.37. The highest BCUT2D eigenvalue weighted by atomic mass is 15.2.